The maximum atomic E-state index is 12.3. The minimum absolute atomic E-state index is 0.153. The van der Waals surface area contributed by atoms with Crippen molar-refractivity contribution < 1.29 is 9.13 Å². The van der Waals surface area contributed by atoms with Gasteiger partial charge in [0.25, 0.3) is 0 Å². The van der Waals surface area contributed by atoms with Crippen LogP contribution in [0.5, 0.6) is 5.75 Å². The number of nitrogens with zero attached hydrogens (tertiary/aromatic N) is 2. The van der Waals surface area contributed by atoms with Crippen LogP contribution in [0.2, 0.25) is 0 Å². The zero-order valence-corrected chi connectivity index (χ0v) is 19.9. The first-order valence-electron chi connectivity index (χ1n) is 10.8. The fourth-order valence-corrected chi connectivity index (χ4v) is 2.82. The van der Waals surface area contributed by atoms with Crippen molar-refractivity contribution in [2.45, 2.75) is 54.4 Å². The first-order valence-corrected chi connectivity index (χ1v) is 10.8. The third kappa shape index (κ3) is 8.71. The lowest BCUT2D eigenvalue weighted by Crippen LogP contribution is -2.00. The highest BCUT2D eigenvalue weighted by molar-refractivity contribution is 5.99. The lowest BCUT2D eigenvalue weighted by atomic mass is 10.1. The highest BCUT2D eigenvalue weighted by atomic mass is 19.1. The normalized spacial score (nSPS) is 10.4. The van der Waals surface area contributed by atoms with Crippen molar-refractivity contribution in [3.05, 3.63) is 89.0 Å². The van der Waals surface area contributed by atoms with Crippen LogP contribution in [0, 0.1) is 19.7 Å². The summed E-state index contributed by atoms with van der Waals surface area (Å²) in [6.45, 7) is 12.1. The molecule has 0 atom stereocenters. The van der Waals surface area contributed by atoms with Crippen LogP contribution < -0.4 is 4.74 Å². The molecular formula is C27H35FN2O. The molecule has 0 aliphatic heterocycles. The SMILES string of the molecule is CC.CCCc1ccc(F)cc1.COc1cnc(C(C)=Nc2ccccc2C)cc1C. The van der Waals surface area contributed by atoms with Gasteiger partial charge in [-0.15, -0.1) is 0 Å². The summed E-state index contributed by atoms with van der Waals surface area (Å²) in [5.41, 5.74) is 6.19. The Labute approximate surface area is 187 Å². The van der Waals surface area contributed by atoms with Crippen molar-refractivity contribution in [1.29, 1.82) is 0 Å². The number of pyridine rings is 1. The number of hydrogen-bond acceptors (Lipinski definition) is 3. The molecule has 0 amide bonds. The Kier molecular flexibility index (Phi) is 11.8. The van der Waals surface area contributed by atoms with E-state index in [1.165, 1.54) is 17.7 Å². The number of aryl methyl sites for hydroxylation is 3. The number of aromatic nitrogens is 1. The van der Waals surface area contributed by atoms with E-state index in [4.69, 9.17) is 4.74 Å². The van der Waals surface area contributed by atoms with Gasteiger partial charge in [-0.25, -0.2) is 4.39 Å². The van der Waals surface area contributed by atoms with Gasteiger partial charge < -0.3 is 4.74 Å². The second-order valence-electron chi connectivity index (χ2n) is 6.90. The number of methoxy groups -OCH3 is 1. The molecule has 0 N–H and O–H groups in total. The summed E-state index contributed by atoms with van der Waals surface area (Å²) >= 11 is 0. The quantitative estimate of drug-likeness (QED) is 0.396. The Morgan fingerprint density at radius 2 is 1.65 bits per heavy atom. The molecule has 3 rings (SSSR count). The monoisotopic (exact) mass is 422 g/mol. The number of hydrogen-bond donors (Lipinski definition) is 0. The molecule has 4 heteroatoms. The number of aliphatic imine (C=N–C) groups is 1. The van der Waals surface area contributed by atoms with Crippen LogP contribution in [0.3, 0.4) is 0 Å². The summed E-state index contributed by atoms with van der Waals surface area (Å²) in [6, 6.07) is 16.7. The molecule has 3 aromatic rings. The lowest BCUT2D eigenvalue weighted by Gasteiger charge is -2.07. The summed E-state index contributed by atoms with van der Waals surface area (Å²) in [4.78, 5) is 9.02. The van der Waals surface area contributed by atoms with Gasteiger partial charge in [0.15, 0.2) is 0 Å². The van der Waals surface area contributed by atoms with Crippen LogP contribution >= 0.6 is 0 Å². The van der Waals surface area contributed by atoms with Gasteiger partial charge in [0, 0.05) is 0 Å². The first kappa shape index (κ1) is 26.0. The van der Waals surface area contributed by atoms with Gasteiger partial charge in [-0.2, -0.15) is 0 Å². The summed E-state index contributed by atoms with van der Waals surface area (Å²) < 4.78 is 17.5. The van der Waals surface area contributed by atoms with Crippen LogP contribution in [0.15, 0.2) is 65.8 Å². The van der Waals surface area contributed by atoms with Crippen molar-refractivity contribution in [1.82, 2.24) is 4.98 Å². The number of ether oxygens (including phenoxy) is 1. The third-order valence-corrected chi connectivity index (χ3v) is 4.51. The van der Waals surface area contributed by atoms with E-state index in [1.54, 1.807) is 13.3 Å². The van der Waals surface area contributed by atoms with E-state index in [1.807, 2.05) is 64.1 Å². The topological polar surface area (TPSA) is 34.5 Å². The molecule has 0 aliphatic carbocycles. The molecule has 0 saturated heterocycles. The maximum absolute atomic E-state index is 12.3. The van der Waals surface area contributed by atoms with Gasteiger partial charge in [0.05, 0.1) is 30.4 Å². The molecule has 0 spiro atoms. The molecule has 3 nitrogen and oxygen atoms in total. The zero-order chi connectivity index (χ0) is 23.2. The smallest absolute Gasteiger partial charge is 0.140 e. The summed E-state index contributed by atoms with van der Waals surface area (Å²) in [6.07, 6.45) is 3.90. The third-order valence-electron chi connectivity index (χ3n) is 4.51. The molecule has 166 valence electrons. The second-order valence-corrected chi connectivity index (χ2v) is 6.90. The van der Waals surface area contributed by atoms with Crippen LogP contribution in [0.25, 0.3) is 0 Å². The van der Waals surface area contributed by atoms with E-state index in [2.05, 4.69) is 29.9 Å². The molecule has 31 heavy (non-hydrogen) atoms. The second kappa shape index (κ2) is 14.1. The van der Waals surface area contributed by atoms with E-state index in [0.717, 1.165) is 46.8 Å². The minimum atomic E-state index is -0.153. The Bertz CT molecular complexity index is 950. The van der Waals surface area contributed by atoms with Crippen molar-refractivity contribution in [2.75, 3.05) is 7.11 Å². The average molecular weight is 423 g/mol. The van der Waals surface area contributed by atoms with E-state index < -0.39 is 0 Å². The molecule has 0 bridgehead atoms. The molecule has 2 aromatic carbocycles. The lowest BCUT2D eigenvalue weighted by molar-refractivity contribution is 0.409. The summed E-state index contributed by atoms with van der Waals surface area (Å²) in [7, 11) is 1.65. The van der Waals surface area contributed by atoms with Gasteiger partial charge in [-0.3, -0.25) is 9.98 Å². The Morgan fingerprint density at radius 1 is 1.00 bits per heavy atom. The number of halogens is 1. The van der Waals surface area contributed by atoms with E-state index in [9.17, 15) is 4.39 Å². The number of rotatable bonds is 5. The van der Waals surface area contributed by atoms with Crippen molar-refractivity contribution in [3.8, 4) is 5.75 Å². The first-order chi connectivity index (χ1) is 14.9. The average Bonchev–Trinajstić information content (AvgIpc) is 2.79. The van der Waals surface area contributed by atoms with E-state index in [-0.39, 0.29) is 5.82 Å². The van der Waals surface area contributed by atoms with Crippen LogP contribution in [-0.4, -0.2) is 17.8 Å². The minimum Gasteiger partial charge on any atom is -0.495 e. The molecule has 0 radical (unpaired) electrons. The molecule has 1 heterocycles. The van der Waals surface area contributed by atoms with Crippen molar-refractivity contribution in [2.24, 2.45) is 4.99 Å². The molecule has 0 saturated carbocycles. The fourth-order valence-electron chi connectivity index (χ4n) is 2.82. The highest BCUT2D eigenvalue weighted by Gasteiger charge is 2.05. The molecular weight excluding hydrogens is 387 g/mol. The van der Waals surface area contributed by atoms with Gasteiger partial charge in [-0.1, -0.05) is 57.5 Å². The standard InChI is InChI=1S/C16H18N2O.C9H11F.C2H6/c1-11-7-5-6-8-14(11)18-13(3)15-9-12(2)16(19-4)10-17-15;1-2-3-8-4-6-9(10)7-5-8;1-2/h5-10H,1-4H3;4-7H,2-3H2,1H3;1-2H3. The molecule has 0 fully saturated rings. The Hall–Kier alpha value is -3.01. The predicted molar refractivity (Wildman–Crippen MR) is 130 cm³/mol. The van der Waals surface area contributed by atoms with Gasteiger partial charge in [0.2, 0.25) is 0 Å². The van der Waals surface area contributed by atoms with Crippen molar-refractivity contribution in [3.63, 3.8) is 0 Å². The Balaban J connectivity index is 0.000000337. The molecule has 0 aliphatic rings. The van der Waals surface area contributed by atoms with Crippen molar-refractivity contribution >= 4 is 11.4 Å². The van der Waals surface area contributed by atoms with Crippen LogP contribution in [-0.2, 0) is 6.42 Å². The summed E-state index contributed by atoms with van der Waals surface area (Å²) in [5.74, 6) is 0.646. The fraction of sp³-hybridized carbons (Fsp3) is 0.333. The van der Waals surface area contributed by atoms with Gasteiger partial charge >= 0.3 is 0 Å². The maximum Gasteiger partial charge on any atom is 0.140 e. The molecule has 1 aromatic heterocycles. The van der Waals surface area contributed by atoms with E-state index in [0.29, 0.717) is 0 Å². The van der Waals surface area contributed by atoms with Crippen LogP contribution in [0.1, 0.15) is 56.5 Å². The van der Waals surface area contributed by atoms with E-state index >= 15 is 0 Å². The predicted octanol–water partition coefficient (Wildman–Crippen LogP) is 7.65. The summed E-state index contributed by atoms with van der Waals surface area (Å²) in [5, 5.41) is 0. The number of benzene rings is 2. The highest BCUT2D eigenvalue weighted by Crippen LogP contribution is 2.20. The largest absolute Gasteiger partial charge is 0.495 e. The molecule has 0 unspecified atom stereocenters. The number of para-hydroxylation sites is 1. The van der Waals surface area contributed by atoms with Gasteiger partial charge in [-0.05, 0) is 68.1 Å². The van der Waals surface area contributed by atoms with Crippen LogP contribution in [0.4, 0.5) is 10.1 Å². The zero-order valence-electron chi connectivity index (χ0n) is 19.9. The Morgan fingerprint density at radius 3 is 2.19 bits per heavy atom. The van der Waals surface area contributed by atoms with Gasteiger partial charge in [0.1, 0.15) is 11.6 Å².